The van der Waals surface area contributed by atoms with Gasteiger partial charge in [-0.05, 0) is 69.4 Å². The minimum Gasteiger partial charge on any atom is -0.344 e. The Hall–Kier alpha value is -4.89. The Labute approximate surface area is 214 Å². The van der Waals surface area contributed by atoms with E-state index >= 15 is 0 Å². The zero-order valence-corrected chi connectivity index (χ0v) is 20.4. The molecule has 6 aromatic carbocycles. The fraction of sp³-hybridized carbons (Fsp3) is 0.0294. The second-order valence-corrected chi connectivity index (χ2v) is 9.74. The molecule has 0 aliphatic heterocycles. The van der Waals surface area contributed by atoms with Gasteiger partial charge in [-0.3, -0.25) is 4.98 Å². The first-order chi connectivity index (χ1) is 18.3. The van der Waals surface area contributed by atoms with Crippen LogP contribution in [0.5, 0.6) is 0 Å². The summed E-state index contributed by atoms with van der Waals surface area (Å²) in [6.07, 6.45) is 3.89. The third-order valence-corrected chi connectivity index (χ3v) is 7.81. The summed E-state index contributed by atoms with van der Waals surface area (Å²) in [4.78, 5) is 6.78. The summed E-state index contributed by atoms with van der Waals surface area (Å²) < 4.78 is 2.35. The maximum Gasteiger partial charge on any atom is 0.0724 e. The number of anilines is 2. The number of fused-ring (bicyclic) bond motifs is 4. The Bertz CT molecular complexity index is 2090. The molecule has 8 aromatic rings. The van der Waals surface area contributed by atoms with Crippen LogP contribution in [0, 0.1) is 0 Å². The van der Waals surface area contributed by atoms with E-state index in [1.807, 2.05) is 12.4 Å². The Balaban J connectivity index is 1.52. The van der Waals surface area contributed by atoms with Crippen LogP contribution in [0.2, 0.25) is 0 Å². The highest BCUT2D eigenvalue weighted by atomic mass is 15.1. The maximum atomic E-state index is 4.50. The summed E-state index contributed by atoms with van der Waals surface area (Å²) in [6, 6.07) is 39.4. The van der Waals surface area contributed by atoms with Crippen molar-refractivity contribution in [1.82, 2.24) is 9.55 Å². The van der Waals surface area contributed by atoms with Gasteiger partial charge in [0.25, 0.3) is 0 Å². The number of nitrogens with zero attached hydrogens (tertiary/aromatic N) is 3. The molecule has 0 amide bonds. The van der Waals surface area contributed by atoms with Gasteiger partial charge in [0.15, 0.2) is 0 Å². The predicted molar refractivity (Wildman–Crippen MR) is 157 cm³/mol. The van der Waals surface area contributed by atoms with E-state index in [1.54, 1.807) is 0 Å². The van der Waals surface area contributed by atoms with Crippen LogP contribution in [-0.4, -0.2) is 16.6 Å². The van der Waals surface area contributed by atoms with Crippen LogP contribution in [0.25, 0.3) is 59.8 Å². The van der Waals surface area contributed by atoms with E-state index in [4.69, 9.17) is 0 Å². The molecule has 37 heavy (non-hydrogen) atoms. The first kappa shape index (κ1) is 20.3. The van der Waals surface area contributed by atoms with Crippen LogP contribution in [0.15, 0.2) is 122 Å². The lowest BCUT2D eigenvalue weighted by Gasteiger charge is -2.23. The van der Waals surface area contributed by atoms with Crippen molar-refractivity contribution in [2.45, 2.75) is 0 Å². The number of aromatic nitrogens is 2. The lowest BCUT2D eigenvalue weighted by atomic mass is 9.91. The second kappa shape index (κ2) is 7.55. The Morgan fingerprint density at radius 3 is 2.14 bits per heavy atom. The van der Waals surface area contributed by atoms with Gasteiger partial charge in [0.1, 0.15) is 0 Å². The molecule has 0 atom stereocenters. The first-order valence-electron chi connectivity index (χ1n) is 12.6. The highest BCUT2D eigenvalue weighted by molar-refractivity contribution is 6.34. The van der Waals surface area contributed by atoms with Gasteiger partial charge in [-0.25, -0.2) is 0 Å². The predicted octanol–water partition coefficient (Wildman–Crippen LogP) is 8.84. The summed E-state index contributed by atoms with van der Waals surface area (Å²) in [6.45, 7) is 0. The molecule has 0 aliphatic rings. The van der Waals surface area contributed by atoms with Crippen molar-refractivity contribution in [3.05, 3.63) is 122 Å². The van der Waals surface area contributed by atoms with E-state index in [9.17, 15) is 0 Å². The summed E-state index contributed by atoms with van der Waals surface area (Å²) in [5, 5.41) is 10.3. The van der Waals surface area contributed by atoms with Gasteiger partial charge in [-0.2, -0.15) is 0 Å². The maximum absolute atomic E-state index is 4.50. The van der Waals surface area contributed by atoms with Gasteiger partial charge in [0.05, 0.1) is 17.2 Å². The average Bonchev–Trinajstić information content (AvgIpc) is 3.30. The van der Waals surface area contributed by atoms with Crippen LogP contribution in [0.1, 0.15) is 0 Å². The minimum absolute atomic E-state index is 1.13. The van der Waals surface area contributed by atoms with Crippen LogP contribution >= 0.6 is 0 Å². The van der Waals surface area contributed by atoms with Gasteiger partial charge >= 0.3 is 0 Å². The number of rotatable bonds is 3. The quantitative estimate of drug-likeness (QED) is 0.239. The highest BCUT2D eigenvalue weighted by Crippen LogP contribution is 2.45. The van der Waals surface area contributed by atoms with E-state index < -0.39 is 0 Å². The van der Waals surface area contributed by atoms with Crippen molar-refractivity contribution in [2.24, 2.45) is 0 Å². The number of hydrogen-bond acceptors (Lipinski definition) is 2. The number of benzene rings is 6. The Morgan fingerprint density at radius 2 is 1.30 bits per heavy atom. The van der Waals surface area contributed by atoms with E-state index in [2.05, 4.69) is 131 Å². The van der Waals surface area contributed by atoms with E-state index in [0.717, 1.165) is 11.2 Å². The van der Waals surface area contributed by atoms with Crippen LogP contribution in [0.4, 0.5) is 11.4 Å². The number of para-hydroxylation sites is 2. The van der Waals surface area contributed by atoms with Crippen molar-refractivity contribution in [3.63, 3.8) is 0 Å². The van der Waals surface area contributed by atoms with Crippen molar-refractivity contribution >= 4 is 65.5 Å². The molecule has 0 saturated heterocycles. The normalized spacial score (nSPS) is 11.9. The summed E-state index contributed by atoms with van der Waals surface area (Å²) in [5.74, 6) is 0. The average molecular weight is 474 g/mol. The Morgan fingerprint density at radius 1 is 0.595 bits per heavy atom. The van der Waals surface area contributed by atoms with Crippen molar-refractivity contribution in [1.29, 1.82) is 0 Å². The molecule has 0 bridgehead atoms. The zero-order chi connectivity index (χ0) is 24.5. The second-order valence-electron chi connectivity index (χ2n) is 9.74. The van der Waals surface area contributed by atoms with Gasteiger partial charge in [-0.15, -0.1) is 0 Å². The topological polar surface area (TPSA) is 21.1 Å². The molecular formula is C34H23N3. The van der Waals surface area contributed by atoms with Crippen molar-refractivity contribution < 1.29 is 0 Å². The first-order valence-corrected chi connectivity index (χ1v) is 12.6. The molecule has 174 valence electrons. The summed E-state index contributed by atoms with van der Waals surface area (Å²) >= 11 is 0. The largest absolute Gasteiger partial charge is 0.344 e. The molecule has 0 unspecified atom stereocenters. The zero-order valence-electron chi connectivity index (χ0n) is 20.4. The van der Waals surface area contributed by atoms with E-state index in [1.165, 1.54) is 60.0 Å². The van der Waals surface area contributed by atoms with E-state index in [-0.39, 0.29) is 0 Å². The molecule has 8 rings (SSSR count). The molecule has 0 radical (unpaired) electrons. The third kappa shape index (κ3) is 2.80. The van der Waals surface area contributed by atoms with Crippen molar-refractivity contribution in [3.8, 4) is 5.69 Å². The van der Waals surface area contributed by atoms with Gasteiger partial charge in [-0.1, -0.05) is 66.7 Å². The molecule has 0 saturated carbocycles. The summed E-state index contributed by atoms with van der Waals surface area (Å²) in [7, 11) is 2.15. The van der Waals surface area contributed by atoms with E-state index in [0.29, 0.717) is 0 Å². The molecule has 3 heteroatoms. The number of pyridine rings is 1. The fourth-order valence-corrected chi connectivity index (χ4v) is 6.15. The van der Waals surface area contributed by atoms with Gasteiger partial charge in [0, 0.05) is 46.5 Å². The SMILES string of the molecule is CN(c1ccccc1)c1ccc2ccc3c4c(ccc1c24)cc1c3c2ccncc2n1-c1ccccc1. The van der Waals surface area contributed by atoms with Crippen LogP contribution in [0.3, 0.4) is 0 Å². The lowest BCUT2D eigenvalue weighted by Crippen LogP contribution is -2.09. The molecule has 0 N–H and O–H groups in total. The monoisotopic (exact) mass is 473 g/mol. The van der Waals surface area contributed by atoms with Crippen LogP contribution in [-0.2, 0) is 0 Å². The molecule has 2 aromatic heterocycles. The summed E-state index contributed by atoms with van der Waals surface area (Å²) in [5.41, 5.74) is 5.88. The van der Waals surface area contributed by atoms with Gasteiger partial charge in [0.2, 0.25) is 0 Å². The minimum atomic E-state index is 1.13. The smallest absolute Gasteiger partial charge is 0.0724 e. The molecule has 0 fully saturated rings. The molecule has 0 spiro atoms. The standard InChI is InChI=1S/C34H23N3/c1-36(24-8-4-2-5-9-24)29-17-14-22-12-16-28-33-23(13-15-26(29)32(22)33)20-30-34(28)27-18-19-35-21-31(27)37(30)25-10-6-3-7-11-25/h2-21H,1H3. The van der Waals surface area contributed by atoms with Gasteiger partial charge < -0.3 is 9.47 Å². The number of hydrogen-bond donors (Lipinski definition) is 0. The molecule has 2 heterocycles. The third-order valence-electron chi connectivity index (χ3n) is 7.81. The highest BCUT2D eigenvalue weighted by Gasteiger charge is 2.20. The Kier molecular flexibility index (Phi) is 4.15. The molecular weight excluding hydrogens is 450 g/mol. The molecule has 0 aliphatic carbocycles. The van der Waals surface area contributed by atoms with Crippen LogP contribution < -0.4 is 4.90 Å². The van der Waals surface area contributed by atoms with Crippen molar-refractivity contribution in [2.75, 3.05) is 11.9 Å². The lowest BCUT2D eigenvalue weighted by molar-refractivity contribution is 1.17. The fourth-order valence-electron chi connectivity index (χ4n) is 6.15. The molecule has 3 nitrogen and oxygen atoms in total.